The topological polar surface area (TPSA) is 102 Å². The van der Waals surface area contributed by atoms with Crippen molar-refractivity contribution in [1.29, 1.82) is 0 Å². The van der Waals surface area contributed by atoms with Crippen LogP contribution in [0.5, 0.6) is 0 Å². The minimum Gasteiger partial charge on any atom is -0.452 e. The van der Waals surface area contributed by atoms with E-state index in [4.69, 9.17) is 4.74 Å². The molecular formula is C23H26N2O5. The first-order chi connectivity index (χ1) is 14.3. The molecule has 2 N–H and O–H groups in total. The number of ketones is 1. The molecule has 0 unspecified atom stereocenters. The van der Waals surface area contributed by atoms with Gasteiger partial charge < -0.3 is 10.1 Å². The number of nitrogens with one attached hydrogen (secondary N) is 2. The smallest absolute Gasteiger partial charge is 0.339 e. The highest BCUT2D eigenvalue weighted by Gasteiger charge is 2.20. The van der Waals surface area contributed by atoms with Crippen molar-refractivity contribution in [2.24, 2.45) is 5.92 Å². The molecule has 7 heteroatoms. The molecule has 2 aromatic rings. The van der Waals surface area contributed by atoms with E-state index >= 15 is 0 Å². The lowest BCUT2D eigenvalue weighted by atomic mass is 9.98. The van der Waals surface area contributed by atoms with Crippen molar-refractivity contribution in [1.82, 2.24) is 10.6 Å². The van der Waals surface area contributed by atoms with E-state index in [0.29, 0.717) is 18.0 Å². The quantitative estimate of drug-likeness (QED) is 0.514. The van der Waals surface area contributed by atoms with E-state index in [0.717, 1.165) is 12.0 Å². The predicted molar refractivity (Wildman–Crippen MR) is 112 cm³/mol. The number of carbonyl (C=O) groups is 4. The Morgan fingerprint density at radius 3 is 2.20 bits per heavy atom. The summed E-state index contributed by atoms with van der Waals surface area (Å²) in [7, 11) is 0. The highest BCUT2D eigenvalue weighted by molar-refractivity contribution is 6.14. The fourth-order valence-corrected chi connectivity index (χ4v) is 2.61. The van der Waals surface area contributed by atoms with E-state index in [2.05, 4.69) is 10.6 Å². The normalized spacial score (nSPS) is 10.4. The van der Waals surface area contributed by atoms with Crippen molar-refractivity contribution in [3.8, 4) is 0 Å². The van der Waals surface area contributed by atoms with E-state index in [-0.39, 0.29) is 16.9 Å². The fraction of sp³-hybridized carbons (Fsp3) is 0.304. The molecule has 0 spiro atoms. The van der Waals surface area contributed by atoms with Gasteiger partial charge in [0.25, 0.3) is 5.91 Å². The third kappa shape index (κ3) is 6.84. The van der Waals surface area contributed by atoms with E-state index < -0.39 is 24.5 Å². The predicted octanol–water partition coefficient (Wildman–Crippen LogP) is 3.25. The molecule has 2 rings (SSSR count). The number of urea groups is 1. The Bertz CT molecular complexity index is 919. The number of aryl methyl sites for hydroxylation is 1. The van der Waals surface area contributed by atoms with E-state index in [1.165, 1.54) is 12.1 Å². The molecular weight excluding hydrogens is 384 g/mol. The molecule has 30 heavy (non-hydrogen) atoms. The highest BCUT2D eigenvalue weighted by atomic mass is 16.5. The van der Waals surface area contributed by atoms with Gasteiger partial charge in [0.15, 0.2) is 12.4 Å². The van der Waals surface area contributed by atoms with Gasteiger partial charge in [0, 0.05) is 17.7 Å². The first-order valence-corrected chi connectivity index (χ1v) is 9.73. The van der Waals surface area contributed by atoms with Crippen molar-refractivity contribution in [3.63, 3.8) is 0 Å². The number of rotatable bonds is 8. The summed E-state index contributed by atoms with van der Waals surface area (Å²) in [4.78, 5) is 48.7. The third-order valence-electron chi connectivity index (χ3n) is 4.30. The van der Waals surface area contributed by atoms with Crippen molar-refractivity contribution in [2.75, 3.05) is 13.2 Å². The Morgan fingerprint density at radius 2 is 1.57 bits per heavy atom. The average Bonchev–Trinajstić information content (AvgIpc) is 2.71. The van der Waals surface area contributed by atoms with Gasteiger partial charge in [-0.3, -0.25) is 14.9 Å². The third-order valence-corrected chi connectivity index (χ3v) is 4.30. The number of ether oxygens (including phenoxy) is 1. The summed E-state index contributed by atoms with van der Waals surface area (Å²) in [5, 5.41) is 4.65. The summed E-state index contributed by atoms with van der Waals surface area (Å²) < 4.78 is 5.00. The van der Waals surface area contributed by atoms with Gasteiger partial charge in [-0.15, -0.1) is 0 Å². The van der Waals surface area contributed by atoms with Crippen LogP contribution in [0.3, 0.4) is 0 Å². The first kappa shape index (κ1) is 22.8. The van der Waals surface area contributed by atoms with Crippen LogP contribution in [0, 0.1) is 12.8 Å². The molecule has 0 bridgehead atoms. The number of hydrogen-bond donors (Lipinski definition) is 2. The second-order valence-corrected chi connectivity index (χ2v) is 7.30. The SMILES string of the molecule is Cc1ccc(C(=O)c2ccccc2C(=O)OCC(=O)NC(=O)NCCC(C)C)cc1. The molecule has 0 saturated carbocycles. The number of esters is 1. The maximum atomic E-state index is 12.8. The molecule has 3 amide bonds. The molecule has 0 heterocycles. The van der Waals surface area contributed by atoms with Gasteiger partial charge in [-0.2, -0.15) is 0 Å². The zero-order valence-electron chi connectivity index (χ0n) is 17.4. The minimum atomic E-state index is -0.818. The maximum Gasteiger partial charge on any atom is 0.339 e. The summed E-state index contributed by atoms with van der Waals surface area (Å²) >= 11 is 0. The summed E-state index contributed by atoms with van der Waals surface area (Å²) in [6.45, 7) is 5.75. The van der Waals surface area contributed by atoms with Gasteiger partial charge in [0.1, 0.15) is 0 Å². The van der Waals surface area contributed by atoms with Crippen LogP contribution in [0.15, 0.2) is 48.5 Å². The summed E-state index contributed by atoms with van der Waals surface area (Å²) in [6.07, 6.45) is 0.780. The number of carbonyl (C=O) groups excluding carboxylic acids is 4. The lowest BCUT2D eigenvalue weighted by Gasteiger charge is -2.10. The second-order valence-electron chi connectivity index (χ2n) is 7.30. The standard InChI is InChI=1S/C23H26N2O5/c1-15(2)12-13-24-23(29)25-20(26)14-30-22(28)19-7-5-4-6-18(19)21(27)17-10-8-16(3)9-11-17/h4-11,15H,12-14H2,1-3H3,(H2,24,25,26,29). The lowest BCUT2D eigenvalue weighted by Crippen LogP contribution is -2.42. The Balaban J connectivity index is 1.96. The van der Waals surface area contributed by atoms with Crippen molar-refractivity contribution < 1.29 is 23.9 Å². The molecule has 2 aromatic carbocycles. The lowest BCUT2D eigenvalue weighted by molar-refractivity contribution is -0.123. The van der Waals surface area contributed by atoms with Gasteiger partial charge in [-0.25, -0.2) is 9.59 Å². The molecule has 0 fully saturated rings. The molecule has 0 atom stereocenters. The molecule has 0 aliphatic heterocycles. The molecule has 0 aromatic heterocycles. The van der Waals surface area contributed by atoms with Crippen molar-refractivity contribution >= 4 is 23.7 Å². The van der Waals surface area contributed by atoms with Crippen molar-refractivity contribution in [2.45, 2.75) is 27.2 Å². The molecule has 0 aliphatic rings. The van der Waals surface area contributed by atoms with Gasteiger partial charge in [-0.1, -0.05) is 61.9 Å². The van der Waals surface area contributed by atoms with Crippen LogP contribution >= 0.6 is 0 Å². The number of hydrogen-bond acceptors (Lipinski definition) is 5. The number of amides is 3. The van der Waals surface area contributed by atoms with Gasteiger partial charge in [-0.05, 0) is 25.3 Å². The van der Waals surface area contributed by atoms with Crippen molar-refractivity contribution in [3.05, 3.63) is 70.8 Å². The molecule has 7 nitrogen and oxygen atoms in total. The van der Waals surface area contributed by atoms with Gasteiger partial charge >= 0.3 is 12.0 Å². The highest BCUT2D eigenvalue weighted by Crippen LogP contribution is 2.16. The van der Waals surface area contributed by atoms with Gasteiger partial charge in [0.2, 0.25) is 0 Å². The zero-order chi connectivity index (χ0) is 22.1. The monoisotopic (exact) mass is 410 g/mol. The van der Waals surface area contributed by atoms with Crippen LogP contribution in [-0.2, 0) is 9.53 Å². The zero-order valence-corrected chi connectivity index (χ0v) is 17.4. The van der Waals surface area contributed by atoms with Crippen LogP contribution in [-0.4, -0.2) is 36.8 Å². The van der Waals surface area contributed by atoms with Crippen LogP contribution in [0.2, 0.25) is 0 Å². The molecule has 0 saturated heterocycles. The fourth-order valence-electron chi connectivity index (χ4n) is 2.61. The van der Waals surface area contributed by atoms with Crippen LogP contribution < -0.4 is 10.6 Å². The Hall–Kier alpha value is -3.48. The molecule has 158 valence electrons. The maximum absolute atomic E-state index is 12.8. The molecule has 0 radical (unpaired) electrons. The Labute approximate surface area is 175 Å². The van der Waals surface area contributed by atoms with E-state index in [9.17, 15) is 19.2 Å². The number of imide groups is 1. The van der Waals surface area contributed by atoms with E-state index in [1.54, 1.807) is 24.3 Å². The van der Waals surface area contributed by atoms with Gasteiger partial charge in [0.05, 0.1) is 5.56 Å². The average molecular weight is 410 g/mol. The van der Waals surface area contributed by atoms with Crippen LogP contribution in [0.4, 0.5) is 4.79 Å². The second kappa shape index (κ2) is 10.9. The largest absolute Gasteiger partial charge is 0.452 e. The van der Waals surface area contributed by atoms with E-state index in [1.807, 2.05) is 32.9 Å². The van der Waals surface area contributed by atoms with Crippen LogP contribution in [0.1, 0.15) is 52.1 Å². The summed E-state index contributed by atoms with van der Waals surface area (Å²) in [5.41, 5.74) is 1.69. The summed E-state index contributed by atoms with van der Waals surface area (Å²) in [6, 6.07) is 12.6. The minimum absolute atomic E-state index is 0.0530. The van der Waals surface area contributed by atoms with Crippen LogP contribution in [0.25, 0.3) is 0 Å². The number of benzene rings is 2. The summed E-state index contributed by atoms with van der Waals surface area (Å²) in [5.74, 6) is -1.48. The molecule has 0 aliphatic carbocycles. The Kier molecular flexibility index (Phi) is 8.29. The Morgan fingerprint density at radius 1 is 0.933 bits per heavy atom. The first-order valence-electron chi connectivity index (χ1n) is 9.73.